The first-order valence-electron chi connectivity index (χ1n) is 5.60. The molecule has 1 aromatic heterocycles. The van der Waals surface area contributed by atoms with E-state index in [9.17, 15) is 4.39 Å². The molecule has 0 atom stereocenters. The lowest BCUT2D eigenvalue weighted by molar-refractivity contribution is 0.181. The van der Waals surface area contributed by atoms with Crippen molar-refractivity contribution in [2.75, 3.05) is 7.11 Å². The number of nitrogens with zero attached hydrogens (tertiary/aromatic N) is 1. The molecule has 0 radical (unpaired) electrons. The van der Waals surface area contributed by atoms with E-state index in [1.807, 2.05) is 0 Å². The van der Waals surface area contributed by atoms with Crippen LogP contribution in [0, 0.1) is 10.5 Å². The highest BCUT2D eigenvalue weighted by atomic mass is 35.5. The molecule has 0 amide bonds. The zero-order valence-corrected chi connectivity index (χ0v) is 11.8. The maximum Gasteiger partial charge on any atom is 0.130 e. The van der Waals surface area contributed by atoms with Gasteiger partial charge in [-0.3, -0.25) is 0 Å². The molecule has 2 aromatic rings. The van der Waals surface area contributed by atoms with Crippen molar-refractivity contribution in [2.45, 2.75) is 13.0 Å². The molecule has 2 rings (SSSR count). The number of aromatic nitrogens is 2. The van der Waals surface area contributed by atoms with E-state index in [4.69, 9.17) is 28.6 Å². The van der Waals surface area contributed by atoms with Gasteiger partial charge in [-0.2, -0.15) is 0 Å². The first kappa shape index (κ1) is 14.1. The minimum Gasteiger partial charge on any atom is -0.378 e. The number of hydrogen-bond donors (Lipinski definition) is 1. The van der Waals surface area contributed by atoms with Gasteiger partial charge in [0, 0.05) is 24.2 Å². The Morgan fingerprint density at radius 3 is 2.89 bits per heavy atom. The maximum atomic E-state index is 13.0. The summed E-state index contributed by atoms with van der Waals surface area (Å²) in [5.41, 5.74) is 1.63. The van der Waals surface area contributed by atoms with Crippen molar-refractivity contribution in [1.29, 1.82) is 0 Å². The predicted molar refractivity (Wildman–Crippen MR) is 74.4 cm³/mol. The Bertz CT molecular complexity index is 645. The molecule has 0 saturated heterocycles. The van der Waals surface area contributed by atoms with Gasteiger partial charge < -0.3 is 9.72 Å². The van der Waals surface area contributed by atoms with Crippen LogP contribution in [0.25, 0.3) is 0 Å². The third-order valence-corrected chi connectivity index (χ3v) is 3.08. The number of ether oxygens (including phenoxy) is 1. The molecule has 0 aliphatic heterocycles. The highest BCUT2D eigenvalue weighted by Gasteiger charge is 2.06. The van der Waals surface area contributed by atoms with Gasteiger partial charge in [-0.05, 0) is 23.8 Å². The fourth-order valence-corrected chi connectivity index (χ4v) is 2.21. The second kappa shape index (κ2) is 6.23. The smallest absolute Gasteiger partial charge is 0.130 e. The second-order valence-electron chi connectivity index (χ2n) is 4.04. The average Bonchev–Trinajstić information content (AvgIpc) is 2.32. The minimum atomic E-state index is -0.359. The summed E-state index contributed by atoms with van der Waals surface area (Å²) in [7, 11) is 1.60. The monoisotopic (exact) mass is 298 g/mol. The van der Waals surface area contributed by atoms with Crippen LogP contribution in [0.4, 0.5) is 4.39 Å². The number of H-pyrrole nitrogens is 1. The molecule has 1 N–H and O–H groups in total. The van der Waals surface area contributed by atoms with Gasteiger partial charge in [0.15, 0.2) is 0 Å². The van der Waals surface area contributed by atoms with E-state index in [1.54, 1.807) is 19.2 Å². The van der Waals surface area contributed by atoms with Crippen LogP contribution in [0.1, 0.15) is 17.1 Å². The Hall–Kier alpha value is -1.30. The molecule has 0 fully saturated rings. The van der Waals surface area contributed by atoms with Gasteiger partial charge in [0.25, 0.3) is 0 Å². The second-order valence-corrected chi connectivity index (χ2v) is 4.86. The van der Waals surface area contributed by atoms with Crippen molar-refractivity contribution >= 4 is 23.8 Å². The third kappa shape index (κ3) is 3.83. The maximum absolute atomic E-state index is 13.0. The summed E-state index contributed by atoms with van der Waals surface area (Å²) >= 11 is 11.1. The van der Waals surface area contributed by atoms with E-state index >= 15 is 0 Å². The molecule has 3 nitrogen and oxygen atoms in total. The van der Waals surface area contributed by atoms with Crippen LogP contribution in [0.2, 0.25) is 5.02 Å². The van der Waals surface area contributed by atoms with Gasteiger partial charge in [0.05, 0.1) is 6.61 Å². The fraction of sp³-hybridized carbons (Fsp3) is 0.231. The molecule has 0 saturated carbocycles. The normalized spacial score (nSPS) is 10.7. The molecule has 0 unspecified atom stereocenters. The predicted octanol–water partition coefficient (Wildman–Crippen LogP) is 3.67. The Morgan fingerprint density at radius 1 is 1.42 bits per heavy atom. The van der Waals surface area contributed by atoms with Crippen molar-refractivity contribution in [1.82, 2.24) is 9.97 Å². The Morgan fingerprint density at radius 2 is 2.21 bits per heavy atom. The first-order valence-corrected chi connectivity index (χ1v) is 6.39. The van der Waals surface area contributed by atoms with Crippen molar-refractivity contribution in [3.63, 3.8) is 0 Å². The van der Waals surface area contributed by atoms with Gasteiger partial charge in [0.1, 0.15) is 16.3 Å². The highest BCUT2D eigenvalue weighted by molar-refractivity contribution is 7.71. The van der Waals surface area contributed by atoms with Crippen molar-refractivity contribution < 1.29 is 9.13 Å². The number of halogens is 2. The van der Waals surface area contributed by atoms with Crippen molar-refractivity contribution in [3.8, 4) is 0 Å². The largest absolute Gasteiger partial charge is 0.378 e. The van der Waals surface area contributed by atoms with Crippen molar-refractivity contribution in [2.24, 2.45) is 0 Å². The SMILES string of the molecule is COCc1cc(=S)nc(Cc2ccc(F)cc2Cl)[nH]1. The lowest BCUT2D eigenvalue weighted by atomic mass is 10.1. The molecule has 0 aliphatic rings. The van der Waals surface area contributed by atoms with E-state index in [2.05, 4.69) is 9.97 Å². The van der Waals surface area contributed by atoms with Gasteiger partial charge in [-0.15, -0.1) is 0 Å². The number of benzene rings is 1. The van der Waals surface area contributed by atoms with Crippen LogP contribution >= 0.6 is 23.8 Å². The van der Waals surface area contributed by atoms with Crippen LogP contribution in [-0.4, -0.2) is 17.1 Å². The van der Waals surface area contributed by atoms with Crippen LogP contribution in [0.15, 0.2) is 24.3 Å². The number of nitrogens with one attached hydrogen (secondary N) is 1. The van der Waals surface area contributed by atoms with E-state index in [-0.39, 0.29) is 5.82 Å². The summed E-state index contributed by atoms with van der Waals surface area (Å²) < 4.78 is 18.5. The Kier molecular flexibility index (Phi) is 4.63. The number of aromatic amines is 1. The van der Waals surface area contributed by atoms with Crippen molar-refractivity contribution in [3.05, 3.63) is 56.8 Å². The summed E-state index contributed by atoms with van der Waals surface area (Å²) in [6.45, 7) is 0.427. The minimum absolute atomic E-state index is 0.359. The number of methoxy groups -OCH3 is 1. The van der Waals surface area contributed by atoms with Crippen LogP contribution < -0.4 is 0 Å². The molecular weight excluding hydrogens is 287 g/mol. The van der Waals surface area contributed by atoms with Crippen LogP contribution in [0.5, 0.6) is 0 Å². The Labute approximate surface area is 120 Å². The van der Waals surface area contributed by atoms with Gasteiger partial charge >= 0.3 is 0 Å². The van der Waals surface area contributed by atoms with Gasteiger partial charge in [-0.25, -0.2) is 9.37 Å². The average molecular weight is 299 g/mol. The van der Waals surface area contributed by atoms with E-state index in [0.717, 1.165) is 11.3 Å². The number of rotatable bonds is 4. The summed E-state index contributed by atoms with van der Waals surface area (Å²) in [6, 6.07) is 6.03. The highest BCUT2D eigenvalue weighted by Crippen LogP contribution is 2.19. The first-order chi connectivity index (χ1) is 9.08. The molecule has 1 heterocycles. The van der Waals surface area contributed by atoms with E-state index in [0.29, 0.717) is 28.5 Å². The van der Waals surface area contributed by atoms with Crippen LogP contribution in [-0.2, 0) is 17.8 Å². The van der Waals surface area contributed by atoms with Crippen LogP contribution in [0.3, 0.4) is 0 Å². The topological polar surface area (TPSA) is 37.9 Å². The quantitative estimate of drug-likeness (QED) is 0.875. The summed E-state index contributed by atoms with van der Waals surface area (Å²) in [4.78, 5) is 7.35. The zero-order valence-electron chi connectivity index (χ0n) is 10.2. The molecule has 0 spiro atoms. The molecule has 0 bridgehead atoms. The molecule has 0 aliphatic carbocycles. The third-order valence-electron chi connectivity index (χ3n) is 2.52. The van der Waals surface area contributed by atoms with Gasteiger partial charge in [0.2, 0.25) is 0 Å². The summed E-state index contributed by atoms with van der Waals surface area (Å²) in [5, 5.41) is 0.373. The lowest BCUT2D eigenvalue weighted by Crippen LogP contribution is -2.02. The number of hydrogen-bond acceptors (Lipinski definition) is 3. The summed E-state index contributed by atoms with van der Waals surface area (Å²) in [5.74, 6) is 0.316. The standard InChI is InChI=1S/C13H12ClFN2OS/c1-18-7-10-6-13(19)17-12(16-10)4-8-2-3-9(15)5-11(8)14/h2-3,5-6H,4,7H2,1H3,(H,16,17,19). The molecule has 19 heavy (non-hydrogen) atoms. The summed E-state index contributed by atoms with van der Waals surface area (Å²) in [6.07, 6.45) is 0.459. The zero-order chi connectivity index (χ0) is 13.8. The Balaban J connectivity index is 2.30. The molecule has 100 valence electrons. The van der Waals surface area contributed by atoms with E-state index in [1.165, 1.54) is 12.1 Å². The molecular formula is C13H12ClFN2OS. The van der Waals surface area contributed by atoms with E-state index < -0.39 is 0 Å². The molecule has 1 aromatic carbocycles. The fourth-order valence-electron chi connectivity index (χ4n) is 1.73. The molecule has 6 heteroatoms. The van der Waals surface area contributed by atoms with Gasteiger partial charge in [-0.1, -0.05) is 29.9 Å². The lowest BCUT2D eigenvalue weighted by Gasteiger charge is -2.07.